The van der Waals surface area contributed by atoms with Gasteiger partial charge in [-0.3, -0.25) is 0 Å². The molecule has 0 radical (unpaired) electrons. The standard InChI is InChI=1S/C18H20Cl2N2O/c19-13-1-3-16(20)15(9-13)18-4-2-14(23-18)10-21-17-11-22-7-5-12(17)6-8-22/h1-4,9,12,17,21H,5-8,10-11H2/t17-/m1/s1. The van der Waals surface area contributed by atoms with Gasteiger partial charge in [-0.1, -0.05) is 23.2 Å². The number of furan rings is 1. The molecule has 122 valence electrons. The van der Waals surface area contributed by atoms with Crippen LogP contribution in [0.4, 0.5) is 0 Å². The van der Waals surface area contributed by atoms with E-state index in [9.17, 15) is 0 Å². The van der Waals surface area contributed by atoms with Crippen molar-refractivity contribution < 1.29 is 4.42 Å². The molecule has 3 aliphatic rings. The van der Waals surface area contributed by atoms with Crippen molar-refractivity contribution >= 4 is 23.2 Å². The first-order chi connectivity index (χ1) is 11.2. The number of piperidine rings is 3. The summed E-state index contributed by atoms with van der Waals surface area (Å²) in [6.45, 7) is 4.45. The third-order valence-corrected chi connectivity index (χ3v) is 5.61. The number of benzene rings is 1. The van der Waals surface area contributed by atoms with Crippen molar-refractivity contribution in [2.24, 2.45) is 5.92 Å². The first kappa shape index (κ1) is 15.5. The molecule has 2 bridgehead atoms. The third-order valence-electron chi connectivity index (χ3n) is 5.05. The summed E-state index contributed by atoms with van der Waals surface area (Å²) in [4.78, 5) is 2.55. The van der Waals surface area contributed by atoms with Gasteiger partial charge in [-0.25, -0.2) is 0 Å². The van der Waals surface area contributed by atoms with Crippen LogP contribution in [0.3, 0.4) is 0 Å². The lowest BCUT2D eigenvalue weighted by Gasteiger charge is -2.45. The van der Waals surface area contributed by atoms with Crippen LogP contribution in [0.2, 0.25) is 10.0 Å². The number of fused-ring (bicyclic) bond motifs is 3. The lowest BCUT2D eigenvalue weighted by Crippen LogP contribution is -2.55. The van der Waals surface area contributed by atoms with Crippen LogP contribution in [0, 0.1) is 5.92 Å². The molecule has 2 aromatic rings. The van der Waals surface area contributed by atoms with Crippen LogP contribution in [0.5, 0.6) is 0 Å². The molecule has 5 rings (SSSR count). The van der Waals surface area contributed by atoms with E-state index in [4.69, 9.17) is 27.6 Å². The van der Waals surface area contributed by atoms with Gasteiger partial charge in [0.2, 0.25) is 0 Å². The molecule has 1 aromatic heterocycles. The molecule has 4 heterocycles. The minimum atomic E-state index is 0.584. The average molecular weight is 351 g/mol. The Hall–Kier alpha value is -1.00. The highest BCUT2D eigenvalue weighted by atomic mass is 35.5. The topological polar surface area (TPSA) is 28.4 Å². The van der Waals surface area contributed by atoms with Gasteiger partial charge in [0.05, 0.1) is 11.6 Å². The average Bonchev–Trinajstić information content (AvgIpc) is 3.05. The highest BCUT2D eigenvalue weighted by Gasteiger charge is 2.33. The van der Waals surface area contributed by atoms with Crippen molar-refractivity contribution in [3.8, 4) is 11.3 Å². The minimum Gasteiger partial charge on any atom is -0.460 e. The highest BCUT2D eigenvalue weighted by Crippen LogP contribution is 2.32. The summed E-state index contributed by atoms with van der Waals surface area (Å²) in [5.41, 5.74) is 0.841. The molecule has 3 saturated heterocycles. The zero-order valence-corrected chi connectivity index (χ0v) is 14.4. The molecule has 0 amide bonds. The molecule has 1 N–H and O–H groups in total. The third kappa shape index (κ3) is 3.29. The lowest BCUT2D eigenvalue weighted by atomic mass is 9.84. The van der Waals surface area contributed by atoms with E-state index in [1.165, 1.54) is 32.5 Å². The van der Waals surface area contributed by atoms with Crippen LogP contribution in [0.1, 0.15) is 18.6 Å². The van der Waals surface area contributed by atoms with Crippen molar-refractivity contribution in [3.05, 3.63) is 46.1 Å². The number of hydrogen-bond donors (Lipinski definition) is 1. The minimum absolute atomic E-state index is 0.584. The molecule has 0 unspecified atom stereocenters. The monoisotopic (exact) mass is 350 g/mol. The van der Waals surface area contributed by atoms with Crippen molar-refractivity contribution in [3.63, 3.8) is 0 Å². The van der Waals surface area contributed by atoms with Crippen LogP contribution in [0.25, 0.3) is 11.3 Å². The Kier molecular flexibility index (Phi) is 4.37. The highest BCUT2D eigenvalue weighted by molar-refractivity contribution is 6.35. The number of rotatable bonds is 4. The normalized spacial score (nSPS) is 26.6. The van der Waals surface area contributed by atoms with E-state index < -0.39 is 0 Å². The van der Waals surface area contributed by atoms with Crippen LogP contribution in [-0.2, 0) is 6.54 Å². The van der Waals surface area contributed by atoms with Gasteiger partial charge >= 0.3 is 0 Å². The maximum Gasteiger partial charge on any atom is 0.135 e. The van der Waals surface area contributed by atoms with Gasteiger partial charge in [0.25, 0.3) is 0 Å². The predicted octanol–water partition coefficient (Wildman–Crippen LogP) is 4.44. The van der Waals surface area contributed by atoms with Crippen molar-refractivity contribution in [2.45, 2.75) is 25.4 Å². The second-order valence-corrected chi connectivity index (χ2v) is 7.36. The molecule has 3 aliphatic heterocycles. The Morgan fingerprint density at radius 2 is 1.96 bits per heavy atom. The van der Waals surface area contributed by atoms with Crippen molar-refractivity contribution in [2.75, 3.05) is 19.6 Å². The number of nitrogens with one attached hydrogen (secondary N) is 1. The van der Waals surface area contributed by atoms with Crippen LogP contribution >= 0.6 is 23.2 Å². The van der Waals surface area contributed by atoms with Gasteiger partial charge in [-0.2, -0.15) is 0 Å². The second kappa shape index (κ2) is 6.48. The first-order valence-electron chi connectivity index (χ1n) is 8.19. The largest absolute Gasteiger partial charge is 0.460 e. The van der Waals surface area contributed by atoms with E-state index in [1.54, 1.807) is 12.1 Å². The zero-order chi connectivity index (χ0) is 15.8. The van der Waals surface area contributed by atoms with Gasteiger partial charge in [0.15, 0.2) is 0 Å². The van der Waals surface area contributed by atoms with Gasteiger partial charge in [-0.15, -0.1) is 0 Å². The summed E-state index contributed by atoms with van der Waals surface area (Å²) in [5, 5.41) is 4.98. The van der Waals surface area contributed by atoms with E-state index in [0.717, 1.165) is 29.5 Å². The number of hydrogen-bond acceptors (Lipinski definition) is 3. The van der Waals surface area contributed by atoms with Crippen molar-refractivity contribution in [1.82, 2.24) is 10.2 Å². The summed E-state index contributed by atoms with van der Waals surface area (Å²) >= 11 is 12.3. The molecule has 3 fully saturated rings. The number of nitrogens with zero attached hydrogens (tertiary/aromatic N) is 1. The Morgan fingerprint density at radius 1 is 1.13 bits per heavy atom. The van der Waals surface area contributed by atoms with E-state index in [0.29, 0.717) is 16.1 Å². The second-order valence-electron chi connectivity index (χ2n) is 6.52. The fourth-order valence-corrected chi connectivity index (χ4v) is 4.11. The molecule has 0 saturated carbocycles. The SMILES string of the molecule is Clc1ccc(Cl)c(-c2ccc(CN[C@@H]3CN4CCC3CC4)o2)c1. The molecule has 5 heteroatoms. The van der Waals surface area contributed by atoms with Crippen LogP contribution in [-0.4, -0.2) is 30.6 Å². The Labute approximate surface area is 146 Å². The number of halogens is 2. The first-order valence-corrected chi connectivity index (χ1v) is 8.94. The van der Waals surface area contributed by atoms with E-state index in [-0.39, 0.29) is 0 Å². The van der Waals surface area contributed by atoms with Crippen molar-refractivity contribution in [1.29, 1.82) is 0 Å². The smallest absolute Gasteiger partial charge is 0.135 e. The molecular formula is C18H20Cl2N2O. The zero-order valence-electron chi connectivity index (χ0n) is 12.9. The summed E-state index contributed by atoms with van der Waals surface area (Å²) in [6, 6.07) is 9.99. The molecule has 0 aliphatic carbocycles. The fourth-order valence-electron chi connectivity index (χ4n) is 3.73. The molecule has 1 atom stereocenters. The Morgan fingerprint density at radius 3 is 2.70 bits per heavy atom. The maximum absolute atomic E-state index is 6.24. The predicted molar refractivity (Wildman–Crippen MR) is 94.0 cm³/mol. The summed E-state index contributed by atoms with van der Waals surface area (Å²) < 4.78 is 5.96. The molecule has 3 nitrogen and oxygen atoms in total. The molecule has 1 aromatic carbocycles. The quantitative estimate of drug-likeness (QED) is 0.883. The molecular weight excluding hydrogens is 331 g/mol. The maximum atomic E-state index is 6.24. The Bertz CT molecular complexity index is 692. The molecule has 23 heavy (non-hydrogen) atoms. The van der Waals surface area contributed by atoms with E-state index >= 15 is 0 Å². The van der Waals surface area contributed by atoms with Crippen LogP contribution < -0.4 is 5.32 Å². The van der Waals surface area contributed by atoms with Gasteiger partial charge < -0.3 is 14.6 Å². The van der Waals surface area contributed by atoms with Crippen LogP contribution in [0.15, 0.2) is 34.7 Å². The van der Waals surface area contributed by atoms with Gasteiger partial charge in [-0.05, 0) is 62.2 Å². The fraction of sp³-hybridized carbons (Fsp3) is 0.444. The lowest BCUT2D eigenvalue weighted by molar-refractivity contribution is 0.0711. The van der Waals surface area contributed by atoms with E-state index in [1.807, 2.05) is 18.2 Å². The molecule has 0 spiro atoms. The van der Waals surface area contributed by atoms with Gasteiger partial charge in [0, 0.05) is 23.2 Å². The summed E-state index contributed by atoms with van der Waals surface area (Å²) in [6.07, 6.45) is 2.64. The Balaban J connectivity index is 1.43. The summed E-state index contributed by atoms with van der Waals surface area (Å²) in [7, 11) is 0. The van der Waals surface area contributed by atoms with Gasteiger partial charge in [0.1, 0.15) is 11.5 Å². The van der Waals surface area contributed by atoms with E-state index in [2.05, 4.69) is 10.2 Å². The summed E-state index contributed by atoms with van der Waals surface area (Å²) in [5.74, 6) is 2.52.